The predicted molar refractivity (Wildman–Crippen MR) is 93.7 cm³/mol. The standard InChI is InChI=1S/C19H18F2N2O2/c1-3-18(24)23-15-6-5-7-17(25-4-2)19(15)12-10-22-16-9-14(21)13(20)8-11(12)16/h5-10,22H,3-4H2,1-2H3,(H,23,24). The van der Waals surface area contributed by atoms with Crippen LogP contribution in [0.5, 0.6) is 5.75 Å². The van der Waals surface area contributed by atoms with E-state index < -0.39 is 11.6 Å². The minimum atomic E-state index is -0.929. The number of fused-ring (bicyclic) bond motifs is 1. The Balaban J connectivity index is 2.24. The van der Waals surface area contributed by atoms with Crippen LogP contribution in [-0.4, -0.2) is 17.5 Å². The molecule has 6 heteroatoms. The second kappa shape index (κ2) is 6.93. The molecule has 3 aromatic rings. The molecule has 0 atom stereocenters. The number of carbonyl (C=O) groups excluding carboxylic acids is 1. The van der Waals surface area contributed by atoms with Gasteiger partial charge in [-0.15, -0.1) is 0 Å². The molecule has 0 radical (unpaired) electrons. The lowest BCUT2D eigenvalue weighted by Crippen LogP contribution is -2.11. The van der Waals surface area contributed by atoms with Crippen LogP contribution in [0.15, 0.2) is 36.5 Å². The summed E-state index contributed by atoms with van der Waals surface area (Å²) in [5.41, 5.74) is 2.28. The number of aromatic amines is 1. The number of carbonyl (C=O) groups is 1. The van der Waals surface area contributed by atoms with Crippen molar-refractivity contribution in [2.45, 2.75) is 20.3 Å². The van der Waals surface area contributed by atoms with Gasteiger partial charge in [-0.2, -0.15) is 0 Å². The highest BCUT2D eigenvalue weighted by Gasteiger charge is 2.18. The zero-order chi connectivity index (χ0) is 18.0. The molecule has 2 aromatic carbocycles. The van der Waals surface area contributed by atoms with Crippen molar-refractivity contribution >= 4 is 22.5 Å². The van der Waals surface area contributed by atoms with Gasteiger partial charge in [0.25, 0.3) is 0 Å². The van der Waals surface area contributed by atoms with Crippen LogP contribution in [0.25, 0.3) is 22.0 Å². The van der Waals surface area contributed by atoms with Crippen LogP contribution >= 0.6 is 0 Å². The summed E-state index contributed by atoms with van der Waals surface area (Å²) >= 11 is 0. The number of nitrogens with one attached hydrogen (secondary N) is 2. The van der Waals surface area contributed by atoms with E-state index in [1.807, 2.05) is 6.92 Å². The van der Waals surface area contributed by atoms with Gasteiger partial charge < -0.3 is 15.0 Å². The second-order valence-corrected chi connectivity index (χ2v) is 5.53. The number of benzene rings is 2. The summed E-state index contributed by atoms with van der Waals surface area (Å²) in [5, 5.41) is 3.35. The van der Waals surface area contributed by atoms with E-state index in [2.05, 4.69) is 10.3 Å². The zero-order valence-electron chi connectivity index (χ0n) is 14.0. The Bertz CT molecular complexity index is 935. The zero-order valence-corrected chi connectivity index (χ0v) is 14.0. The molecule has 0 aliphatic carbocycles. The fraction of sp³-hybridized carbons (Fsp3) is 0.211. The smallest absolute Gasteiger partial charge is 0.224 e. The predicted octanol–water partition coefficient (Wildman–Crippen LogP) is 4.86. The van der Waals surface area contributed by atoms with Crippen molar-refractivity contribution in [2.75, 3.05) is 11.9 Å². The normalized spacial score (nSPS) is 10.9. The molecule has 3 rings (SSSR count). The third-order valence-electron chi connectivity index (χ3n) is 3.91. The van der Waals surface area contributed by atoms with E-state index >= 15 is 0 Å². The summed E-state index contributed by atoms with van der Waals surface area (Å²) in [6.07, 6.45) is 1.98. The summed E-state index contributed by atoms with van der Waals surface area (Å²) in [6, 6.07) is 7.56. The van der Waals surface area contributed by atoms with Crippen molar-refractivity contribution in [3.8, 4) is 16.9 Å². The molecule has 2 N–H and O–H groups in total. The van der Waals surface area contributed by atoms with Gasteiger partial charge in [0.2, 0.25) is 5.91 Å². The van der Waals surface area contributed by atoms with E-state index in [1.54, 1.807) is 31.3 Å². The lowest BCUT2D eigenvalue weighted by atomic mass is 10.0. The van der Waals surface area contributed by atoms with Gasteiger partial charge in [-0.05, 0) is 25.1 Å². The van der Waals surface area contributed by atoms with E-state index in [0.29, 0.717) is 46.5 Å². The van der Waals surface area contributed by atoms with Crippen molar-refractivity contribution in [1.29, 1.82) is 0 Å². The molecule has 25 heavy (non-hydrogen) atoms. The van der Waals surface area contributed by atoms with Crippen molar-refractivity contribution in [1.82, 2.24) is 4.98 Å². The number of amides is 1. The number of hydrogen-bond acceptors (Lipinski definition) is 2. The molecule has 0 unspecified atom stereocenters. The molecule has 0 saturated carbocycles. The van der Waals surface area contributed by atoms with E-state index in [0.717, 1.165) is 12.1 Å². The van der Waals surface area contributed by atoms with Gasteiger partial charge in [0.15, 0.2) is 11.6 Å². The number of ether oxygens (including phenoxy) is 1. The number of H-pyrrole nitrogens is 1. The van der Waals surface area contributed by atoms with Gasteiger partial charge >= 0.3 is 0 Å². The monoisotopic (exact) mass is 344 g/mol. The Morgan fingerprint density at radius 2 is 1.96 bits per heavy atom. The highest BCUT2D eigenvalue weighted by atomic mass is 19.2. The molecular weight excluding hydrogens is 326 g/mol. The third kappa shape index (κ3) is 3.20. The molecule has 1 heterocycles. The Morgan fingerprint density at radius 1 is 1.20 bits per heavy atom. The molecule has 0 aliphatic rings. The quantitative estimate of drug-likeness (QED) is 0.694. The third-order valence-corrected chi connectivity index (χ3v) is 3.91. The van der Waals surface area contributed by atoms with E-state index in [-0.39, 0.29) is 5.91 Å². The molecule has 0 spiro atoms. The molecule has 4 nitrogen and oxygen atoms in total. The maximum atomic E-state index is 13.7. The van der Waals surface area contributed by atoms with Gasteiger partial charge in [-0.25, -0.2) is 8.78 Å². The average Bonchev–Trinajstić information content (AvgIpc) is 2.98. The van der Waals surface area contributed by atoms with Gasteiger partial charge in [0.1, 0.15) is 5.75 Å². The molecule has 0 aliphatic heterocycles. The first-order chi connectivity index (χ1) is 12.0. The molecule has 1 aromatic heterocycles. The summed E-state index contributed by atoms with van der Waals surface area (Å²) in [5.74, 6) is -1.44. The summed E-state index contributed by atoms with van der Waals surface area (Å²) in [6.45, 7) is 4.04. The molecule has 130 valence electrons. The fourth-order valence-electron chi connectivity index (χ4n) is 2.75. The summed E-state index contributed by atoms with van der Waals surface area (Å²) < 4.78 is 32.9. The van der Waals surface area contributed by atoms with Crippen LogP contribution < -0.4 is 10.1 Å². The number of hydrogen-bond donors (Lipinski definition) is 2. The van der Waals surface area contributed by atoms with Crippen molar-refractivity contribution in [3.05, 3.63) is 48.2 Å². The summed E-state index contributed by atoms with van der Waals surface area (Å²) in [4.78, 5) is 14.8. The van der Waals surface area contributed by atoms with Gasteiger partial charge in [0.05, 0.1) is 12.3 Å². The van der Waals surface area contributed by atoms with Crippen LogP contribution in [0, 0.1) is 11.6 Å². The van der Waals surface area contributed by atoms with Crippen molar-refractivity contribution in [2.24, 2.45) is 0 Å². The van der Waals surface area contributed by atoms with E-state index in [9.17, 15) is 13.6 Å². The molecule has 0 bridgehead atoms. The van der Waals surface area contributed by atoms with Gasteiger partial charge in [-0.1, -0.05) is 13.0 Å². The Hall–Kier alpha value is -2.89. The lowest BCUT2D eigenvalue weighted by molar-refractivity contribution is -0.115. The number of halogens is 2. The molecular formula is C19H18F2N2O2. The van der Waals surface area contributed by atoms with Crippen LogP contribution in [-0.2, 0) is 4.79 Å². The Labute approximate surface area is 143 Å². The summed E-state index contributed by atoms with van der Waals surface area (Å²) in [7, 11) is 0. The van der Waals surface area contributed by atoms with E-state index in [1.165, 1.54) is 0 Å². The number of aromatic nitrogens is 1. The average molecular weight is 344 g/mol. The number of rotatable bonds is 5. The Kier molecular flexibility index (Phi) is 4.70. The van der Waals surface area contributed by atoms with Crippen LogP contribution in [0.2, 0.25) is 0 Å². The topological polar surface area (TPSA) is 54.1 Å². The van der Waals surface area contributed by atoms with Crippen LogP contribution in [0.3, 0.4) is 0 Å². The van der Waals surface area contributed by atoms with Crippen molar-refractivity contribution < 1.29 is 18.3 Å². The number of anilines is 1. The largest absolute Gasteiger partial charge is 0.493 e. The first-order valence-electron chi connectivity index (χ1n) is 8.07. The molecule has 0 fully saturated rings. The minimum Gasteiger partial charge on any atom is -0.493 e. The maximum Gasteiger partial charge on any atom is 0.224 e. The minimum absolute atomic E-state index is 0.146. The first-order valence-corrected chi connectivity index (χ1v) is 8.07. The van der Waals surface area contributed by atoms with Gasteiger partial charge in [0, 0.05) is 40.7 Å². The van der Waals surface area contributed by atoms with Crippen molar-refractivity contribution in [3.63, 3.8) is 0 Å². The Morgan fingerprint density at radius 3 is 2.68 bits per heavy atom. The highest BCUT2D eigenvalue weighted by Crippen LogP contribution is 2.41. The van der Waals surface area contributed by atoms with Crippen LogP contribution in [0.4, 0.5) is 14.5 Å². The fourth-order valence-corrected chi connectivity index (χ4v) is 2.75. The van der Waals surface area contributed by atoms with E-state index in [4.69, 9.17) is 4.74 Å². The first kappa shape index (κ1) is 17.0. The van der Waals surface area contributed by atoms with Crippen LogP contribution in [0.1, 0.15) is 20.3 Å². The maximum absolute atomic E-state index is 13.7. The SMILES string of the molecule is CCOc1cccc(NC(=O)CC)c1-c1c[nH]c2cc(F)c(F)cc12. The van der Waals surface area contributed by atoms with Gasteiger partial charge in [-0.3, -0.25) is 4.79 Å². The molecule has 0 saturated heterocycles. The lowest BCUT2D eigenvalue weighted by Gasteiger charge is -2.15. The second-order valence-electron chi connectivity index (χ2n) is 5.53. The highest BCUT2D eigenvalue weighted by molar-refractivity contribution is 6.04. The molecule has 1 amide bonds.